The number of nitrogens with zero attached hydrogens (tertiary/aromatic N) is 3. The van der Waals surface area contributed by atoms with Crippen LogP contribution in [0.2, 0.25) is 0 Å². The van der Waals surface area contributed by atoms with Gasteiger partial charge in [0.05, 0.1) is 32.2 Å². The molecule has 0 aliphatic carbocycles. The van der Waals surface area contributed by atoms with Crippen LogP contribution in [0.25, 0.3) is 0 Å². The van der Waals surface area contributed by atoms with Gasteiger partial charge in [-0.15, -0.1) is 0 Å². The van der Waals surface area contributed by atoms with Gasteiger partial charge in [0.25, 0.3) is 5.91 Å². The van der Waals surface area contributed by atoms with Crippen LogP contribution in [0.4, 0.5) is 5.69 Å². The van der Waals surface area contributed by atoms with Crippen LogP contribution in [0.15, 0.2) is 23.2 Å². The molecule has 2 heterocycles. The van der Waals surface area contributed by atoms with E-state index in [0.29, 0.717) is 36.0 Å². The lowest BCUT2D eigenvalue weighted by molar-refractivity contribution is 0.0950. The third-order valence-electron chi connectivity index (χ3n) is 4.40. The molecule has 138 valence electrons. The molecule has 0 spiro atoms. The average molecular weight is 356 g/mol. The summed E-state index contributed by atoms with van der Waals surface area (Å²) in [5, 5.41) is 7.54. The highest BCUT2D eigenvalue weighted by Crippen LogP contribution is 2.33. The van der Waals surface area contributed by atoms with E-state index in [0.717, 1.165) is 17.0 Å². The second kappa shape index (κ2) is 7.19. The molecule has 0 radical (unpaired) electrons. The summed E-state index contributed by atoms with van der Waals surface area (Å²) in [5.41, 5.74) is 3.53. The number of rotatable bonds is 5. The quantitative estimate of drug-likeness (QED) is 0.893. The highest BCUT2D eigenvalue weighted by Gasteiger charge is 2.28. The number of methoxy groups -OCH3 is 2. The SMILES string of the molecule is CCn1nc(C(C)C)c2c1C(=O)NCC(c1ccc(OC)cc1OC)=N2. The third-order valence-corrected chi connectivity index (χ3v) is 4.40. The number of aryl methyl sites for hydroxylation is 1. The summed E-state index contributed by atoms with van der Waals surface area (Å²) in [6, 6.07) is 5.56. The number of nitrogens with one attached hydrogen (secondary N) is 1. The monoisotopic (exact) mass is 356 g/mol. The van der Waals surface area contributed by atoms with Crippen molar-refractivity contribution < 1.29 is 14.3 Å². The number of ether oxygens (including phenoxy) is 2. The highest BCUT2D eigenvalue weighted by atomic mass is 16.5. The van der Waals surface area contributed by atoms with Gasteiger partial charge in [0.2, 0.25) is 0 Å². The number of fused-ring (bicyclic) bond motifs is 1. The van der Waals surface area contributed by atoms with E-state index in [1.807, 2.05) is 25.1 Å². The van der Waals surface area contributed by atoms with Gasteiger partial charge >= 0.3 is 0 Å². The molecule has 0 atom stereocenters. The van der Waals surface area contributed by atoms with Gasteiger partial charge in [0.1, 0.15) is 17.2 Å². The topological polar surface area (TPSA) is 77.7 Å². The van der Waals surface area contributed by atoms with Gasteiger partial charge in [-0.05, 0) is 25.0 Å². The molecule has 1 amide bonds. The molecule has 0 bridgehead atoms. The maximum Gasteiger partial charge on any atom is 0.272 e. The van der Waals surface area contributed by atoms with Crippen LogP contribution < -0.4 is 14.8 Å². The van der Waals surface area contributed by atoms with E-state index in [1.54, 1.807) is 18.9 Å². The number of benzene rings is 1. The van der Waals surface area contributed by atoms with Crippen LogP contribution >= 0.6 is 0 Å². The molecule has 26 heavy (non-hydrogen) atoms. The van der Waals surface area contributed by atoms with Crippen molar-refractivity contribution >= 4 is 17.3 Å². The Kier molecular flexibility index (Phi) is 4.97. The van der Waals surface area contributed by atoms with Crippen LogP contribution in [0, 0.1) is 0 Å². The van der Waals surface area contributed by atoms with E-state index in [4.69, 9.17) is 14.5 Å². The Labute approximate surface area is 153 Å². The molecule has 0 saturated carbocycles. The van der Waals surface area contributed by atoms with Crippen molar-refractivity contribution in [2.45, 2.75) is 33.2 Å². The first kappa shape index (κ1) is 18.0. The highest BCUT2D eigenvalue weighted by molar-refractivity contribution is 6.11. The number of hydrogen-bond acceptors (Lipinski definition) is 5. The molecule has 7 heteroatoms. The fourth-order valence-corrected chi connectivity index (χ4v) is 3.04. The Hall–Kier alpha value is -2.83. The number of carbonyl (C=O) groups is 1. The molecule has 2 aromatic rings. The van der Waals surface area contributed by atoms with Crippen LogP contribution in [-0.4, -0.2) is 42.2 Å². The predicted octanol–water partition coefficient (Wildman–Crippen LogP) is 2.91. The summed E-state index contributed by atoms with van der Waals surface area (Å²) in [6.07, 6.45) is 0. The van der Waals surface area contributed by atoms with E-state index in [-0.39, 0.29) is 11.8 Å². The van der Waals surface area contributed by atoms with Gasteiger partial charge in [-0.1, -0.05) is 13.8 Å². The number of hydrogen-bond donors (Lipinski definition) is 1. The standard InChI is InChI=1S/C19H24N4O3/c1-6-23-18-17(16(22-23)11(2)3)21-14(10-20-19(18)24)13-8-7-12(25-4)9-15(13)26-5/h7-9,11H,6,10H2,1-5H3,(H,20,24). The molecular weight excluding hydrogens is 332 g/mol. The molecule has 1 N–H and O–H groups in total. The van der Waals surface area contributed by atoms with Crippen molar-refractivity contribution in [1.82, 2.24) is 15.1 Å². The lowest BCUT2D eigenvalue weighted by Crippen LogP contribution is -2.30. The predicted molar refractivity (Wildman–Crippen MR) is 100 cm³/mol. The normalized spacial score (nSPS) is 13.8. The minimum absolute atomic E-state index is 0.158. The maximum absolute atomic E-state index is 12.7. The Bertz CT molecular complexity index is 868. The van der Waals surface area contributed by atoms with Gasteiger partial charge in [0, 0.05) is 18.2 Å². The first-order valence-electron chi connectivity index (χ1n) is 8.69. The zero-order valence-electron chi connectivity index (χ0n) is 15.8. The Morgan fingerprint density at radius 3 is 2.65 bits per heavy atom. The molecule has 7 nitrogen and oxygen atoms in total. The molecule has 1 aliphatic heterocycles. The number of aromatic nitrogens is 2. The van der Waals surface area contributed by atoms with Gasteiger partial charge < -0.3 is 14.8 Å². The maximum atomic E-state index is 12.7. The van der Waals surface area contributed by atoms with Crippen molar-refractivity contribution in [2.24, 2.45) is 4.99 Å². The summed E-state index contributed by atoms with van der Waals surface area (Å²) in [6.45, 7) is 6.99. The zero-order valence-corrected chi connectivity index (χ0v) is 15.8. The van der Waals surface area contributed by atoms with Crippen molar-refractivity contribution in [3.8, 4) is 11.5 Å². The molecular formula is C19H24N4O3. The summed E-state index contributed by atoms with van der Waals surface area (Å²) < 4.78 is 12.5. The Morgan fingerprint density at radius 2 is 2.04 bits per heavy atom. The van der Waals surface area contributed by atoms with Crippen LogP contribution in [0.5, 0.6) is 11.5 Å². The molecule has 0 unspecified atom stereocenters. The smallest absolute Gasteiger partial charge is 0.272 e. The Morgan fingerprint density at radius 1 is 1.27 bits per heavy atom. The van der Waals surface area contributed by atoms with Crippen LogP contribution in [-0.2, 0) is 6.54 Å². The molecule has 0 fully saturated rings. The summed E-state index contributed by atoms with van der Waals surface area (Å²) in [5.74, 6) is 1.35. The van der Waals surface area contributed by atoms with E-state index < -0.39 is 0 Å². The van der Waals surface area contributed by atoms with Gasteiger partial charge in [-0.2, -0.15) is 5.10 Å². The van der Waals surface area contributed by atoms with Gasteiger partial charge in [0.15, 0.2) is 5.69 Å². The second-order valence-electron chi connectivity index (χ2n) is 6.36. The fraction of sp³-hybridized carbons (Fsp3) is 0.421. The van der Waals surface area contributed by atoms with Crippen LogP contribution in [0.1, 0.15) is 48.4 Å². The lowest BCUT2D eigenvalue weighted by Gasteiger charge is -2.12. The van der Waals surface area contributed by atoms with Crippen molar-refractivity contribution in [1.29, 1.82) is 0 Å². The second-order valence-corrected chi connectivity index (χ2v) is 6.36. The van der Waals surface area contributed by atoms with Gasteiger partial charge in [-0.25, -0.2) is 4.99 Å². The Balaban J connectivity index is 2.19. The average Bonchev–Trinajstić information content (AvgIpc) is 2.94. The number of carbonyl (C=O) groups excluding carboxylic acids is 1. The minimum Gasteiger partial charge on any atom is -0.497 e. The molecule has 1 aliphatic rings. The van der Waals surface area contributed by atoms with E-state index in [9.17, 15) is 4.79 Å². The fourth-order valence-electron chi connectivity index (χ4n) is 3.04. The van der Waals surface area contributed by atoms with E-state index in [2.05, 4.69) is 24.3 Å². The van der Waals surface area contributed by atoms with Crippen molar-refractivity contribution in [2.75, 3.05) is 20.8 Å². The summed E-state index contributed by atoms with van der Waals surface area (Å²) >= 11 is 0. The van der Waals surface area contributed by atoms with Crippen molar-refractivity contribution in [3.05, 3.63) is 35.2 Å². The largest absolute Gasteiger partial charge is 0.497 e. The number of amides is 1. The molecule has 1 aromatic heterocycles. The molecule has 3 rings (SSSR count). The third kappa shape index (κ3) is 3.05. The molecule has 1 aromatic carbocycles. The molecule has 0 saturated heterocycles. The number of aliphatic imine (C=N–C) groups is 1. The first-order chi connectivity index (χ1) is 12.5. The van der Waals surface area contributed by atoms with Gasteiger partial charge in [-0.3, -0.25) is 9.48 Å². The van der Waals surface area contributed by atoms with Crippen LogP contribution in [0.3, 0.4) is 0 Å². The minimum atomic E-state index is -0.160. The van der Waals surface area contributed by atoms with E-state index >= 15 is 0 Å². The van der Waals surface area contributed by atoms with E-state index in [1.165, 1.54) is 0 Å². The summed E-state index contributed by atoms with van der Waals surface area (Å²) in [7, 11) is 3.21. The lowest BCUT2D eigenvalue weighted by atomic mass is 10.1. The first-order valence-corrected chi connectivity index (χ1v) is 8.69. The summed E-state index contributed by atoms with van der Waals surface area (Å²) in [4.78, 5) is 17.5. The zero-order chi connectivity index (χ0) is 18.8. The van der Waals surface area contributed by atoms with Crippen molar-refractivity contribution in [3.63, 3.8) is 0 Å².